The first-order valence-corrected chi connectivity index (χ1v) is 45.2. The number of guanidine groups is 1. The smallest absolute Gasteiger partial charge is 0.312 e. The van der Waals surface area contributed by atoms with Crippen molar-refractivity contribution < 1.29 is 111 Å². The van der Waals surface area contributed by atoms with E-state index in [0.717, 1.165) is 54.7 Å². The van der Waals surface area contributed by atoms with Gasteiger partial charge >= 0.3 is 18.0 Å². The molecule has 720 valence electrons. The Kier molecular flexibility index (Phi) is 43.1. The number of nitrogens with two attached hydrogens (primary N) is 3. The number of phenolic OH excluding ortho intramolecular Hbond substituents is 2. The Morgan fingerprint density at radius 1 is 0.477 bits per heavy atom. The maximum absolute atomic E-state index is 15.3. The quantitative estimate of drug-likeness (QED) is 0.0171. The molecule has 25 N–H and O–H groups in total. The average Bonchev–Trinajstić information content (AvgIpc) is 0.818. The average molecular weight is 1860 g/mol. The summed E-state index contributed by atoms with van der Waals surface area (Å²) in [5, 5.41) is 93.1. The molecule has 0 aromatic heterocycles. The van der Waals surface area contributed by atoms with Gasteiger partial charge in [0.15, 0.2) is 5.96 Å². The highest BCUT2D eigenvalue weighted by Gasteiger charge is 2.42. The third-order valence-corrected chi connectivity index (χ3v) is 24.3. The van der Waals surface area contributed by atoms with Crippen molar-refractivity contribution in [3.63, 3.8) is 0 Å². The number of carboxylic acids is 2. The molecular formula is C89H124FN19O22S. The molecule has 13 atom stereocenters. The number of hydrogen-bond donors (Lipinski definition) is 22. The molecule has 1 aliphatic heterocycles. The number of aliphatic hydroxyl groups excluding tert-OH is 1. The van der Waals surface area contributed by atoms with Crippen molar-refractivity contribution in [1.82, 2.24) is 78.9 Å². The van der Waals surface area contributed by atoms with Crippen LogP contribution in [0.2, 0.25) is 0 Å². The number of aliphatic hydroxyl groups is 1. The standard InChI is InChI=1S/C89H124FN19O22S/c1-50-76(119)101-64(44-55-25-31-58(111)32-26-55)81(124)104-67(45-56-27-33-59(112)34-28-56)80(123)100-61(22-14-40-96-89(94)131)77(120)99-62(21-13-39-95-88(92)93)78(121)102-66(42-52-17-9-5-10-18-52)83(126)107-69(85(128)98-60(75(91)118)35-37-73(114)115)48-132-49-72(113)108(2)70(36-38-74(116)117)87(130)109(3)71(46-53-19-11-6-12-20-53)86(129)106-68(47-110)84(127)105-65(41-51-15-7-4-8-16-51)82(125)103-63(79(122)97-50)43-54-23-29-57(90)30-24-54/h6,11-12,19-20,23-34,50-52,60-71,110-112H,4-5,7-10,13-18,21-22,35-49H2,1-3H3,(H2,91,118)(H,97,122)(H,98,128)(H,99,120)(H,100,123)(H,101,119)(H,102,121)(H,103,125)(H,104,124)(H,105,127)(H,106,129)(H,107,126)(H,114,115)(H,116,117)(H4,92,93,95)(H3,94,96,131)/t50-,60+,61-,62-,63-,64-,65-,66-,67-,68-,69-,70-,71-/m0/s1. The number of benzene rings is 4. The summed E-state index contributed by atoms with van der Waals surface area (Å²) in [5.41, 5.74) is 18.1. The second kappa shape index (κ2) is 53.8. The van der Waals surface area contributed by atoms with Gasteiger partial charge in [-0.15, -0.1) is 11.8 Å². The number of aliphatic carboxylic acids is 2. The van der Waals surface area contributed by atoms with Crippen LogP contribution in [0.25, 0.3) is 0 Å². The number of carboxylic acid groups (broad SMARTS) is 2. The van der Waals surface area contributed by atoms with Gasteiger partial charge in [-0.25, -0.2) is 9.18 Å². The zero-order valence-corrected chi connectivity index (χ0v) is 74.9. The normalized spacial score (nSPS) is 23.5. The summed E-state index contributed by atoms with van der Waals surface area (Å²) in [6, 6.07) is 0.858. The number of nitrogens with zero attached hydrogens (tertiary/aromatic N) is 2. The second-order valence-corrected chi connectivity index (χ2v) is 34.5. The first-order valence-electron chi connectivity index (χ1n) is 44.1. The lowest BCUT2D eigenvalue weighted by Gasteiger charge is -2.35. The molecule has 1 heterocycles. The number of nitrogens with one attached hydrogen (secondary N) is 14. The molecule has 2 aliphatic carbocycles. The molecule has 0 radical (unpaired) electrons. The van der Waals surface area contributed by atoms with Crippen LogP contribution in [0.5, 0.6) is 11.5 Å². The number of urea groups is 1. The second-order valence-electron chi connectivity index (χ2n) is 33.4. The highest BCUT2D eigenvalue weighted by molar-refractivity contribution is 8.00. The van der Waals surface area contributed by atoms with Crippen molar-refractivity contribution in [2.45, 2.75) is 240 Å². The van der Waals surface area contributed by atoms with Gasteiger partial charge in [0.2, 0.25) is 82.7 Å². The lowest BCUT2D eigenvalue weighted by atomic mass is 9.84. The number of carbonyl (C=O) groups is 17. The minimum atomic E-state index is -1.90. The molecular weight excluding hydrogens is 1740 g/mol. The van der Waals surface area contributed by atoms with E-state index in [0.29, 0.717) is 67.0 Å². The number of carbonyl (C=O) groups excluding carboxylic acids is 15. The Morgan fingerprint density at radius 3 is 1.35 bits per heavy atom. The molecule has 41 nitrogen and oxygen atoms in total. The molecule has 3 fully saturated rings. The van der Waals surface area contributed by atoms with Crippen molar-refractivity contribution >= 4 is 118 Å². The Morgan fingerprint density at radius 2 is 0.886 bits per heavy atom. The van der Waals surface area contributed by atoms with Gasteiger partial charge in [0.05, 0.1) is 12.4 Å². The largest absolute Gasteiger partial charge is 0.508 e. The van der Waals surface area contributed by atoms with E-state index < -0.39 is 241 Å². The zero-order chi connectivity index (χ0) is 96.7. The van der Waals surface area contributed by atoms with Crippen LogP contribution in [0.1, 0.15) is 158 Å². The molecule has 4 aromatic rings. The molecule has 4 aromatic carbocycles. The molecule has 43 heteroatoms. The number of aromatic hydroxyl groups is 2. The van der Waals surface area contributed by atoms with Crippen molar-refractivity contribution in [1.29, 1.82) is 5.41 Å². The summed E-state index contributed by atoms with van der Waals surface area (Å²) in [6.45, 7) is -0.173. The fourth-order valence-corrected chi connectivity index (χ4v) is 16.7. The van der Waals surface area contributed by atoms with Gasteiger partial charge in [0, 0.05) is 71.5 Å². The molecule has 3 aliphatic rings. The van der Waals surface area contributed by atoms with E-state index in [2.05, 4.69) is 69.1 Å². The summed E-state index contributed by atoms with van der Waals surface area (Å²) >= 11 is 0.670. The van der Waals surface area contributed by atoms with Gasteiger partial charge in [-0.05, 0) is 129 Å². The van der Waals surface area contributed by atoms with E-state index in [-0.39, 0.29) is 99.8 Å². The fraction of sp³-hybridized carbons (Fsp3) is 0.528. The van der Waals surface area contributed by atoms with Crippen molar-refractivity contribution in [3.8, 4) is 11.5 Å². The van der Waals surface area contributed by atoms with Crippen LogP contribution >= 0.6 is 11.8 Å². The number of primary amides is 2. The van der Waals surface area contributed by atoms with Gasteiger partial charge in [-0.1, -0.05) is 131 Å². The summed E-state index contributed by atoms with van der Waals surface area (Å²) in [7, 11) is 2.34. The van der Waals surface area contributed by atoms with Crippen LogP contribution in [-0.4, -0.2) is 266 Å². The highest BCUT2D eigenvalue weighted by atomic mass is 32.2. The maximum Gasteiger partial charge on any atom is 0.312 e. The summed E-state index contributed by atoms with van der Waals surface area (Å²) in [6.07, 6.45) is 1.75. The summed E-state index contributed by atoms with van der Waals surface area (Å²) in [5.74, 6) is -20.9. The molecule has 16 amide bonds. The lowest BCUT2D eigenvalue weighted by molar-refractivity contribution is -0.148. The van der Waals surface area contributed by atoms with Crippen LogP contribution < -0.4 is 86.3 Å². The maximum atomic E-state index is 15.3. The van der Waals surface area contributed by atoms with Crippen molar-refractivity contribution in [3.05, 3.63) is 131 Å². The van der Waals surface area contributed by atoms with Crippen molar-refractivity contribution in [2.75, 3.05) is 45.3 Å². The van der Waals surface area contributed by atoms with Crippen LogP contribution in [0.4, 0.5) is 9.18 Å². The Labute approximate surface area is 767 Å². The topological polar surface area (TPSA) is 656 Å². The van der Waals surface area contributed by atoms with Gasteiger partial charge in [0.25, 0.3) is 0 Å². The fourth-order valence-electron chi connectivity index (χ4n) is 15.7. The van der Waals surface area contributed by atoms with E-state index in [4.69, 9.17) is 22.6 Å². The number of amides is 16. The number of halogens is 1. The highest BCUT2D eigenvalue weighted by Crippen LogP contribution is 2.30. The van der Waals surface area contributed by atoms with E-state index >= 15 is 38.4 Å². The molecule has 2 saturated carbocycles. The molecule has 7 rings (SSSR count). The number of phenols is 2. The predicted molar refractivity (Wildman–Crippen MR) is 480 cm³/mol. The third-order valence-electron chi connectivity index (χ3n) is 23.3. The van der Waals surface area contributed by atoms with E-state index in [1.807, 2.05) is 0 Å². The number of hydrogen-bond acceptors (Lipinski definition) is 22. The minimum Gasteiger partial charge on any atom is -0.508 e. The van der Waals surface area contributed by atoms with Gasteiger partial charge in [-0.3, -0.25) is 82.1 Å². The Hall–Kier alpha value is -13.2. The van der Waals surface area contributed by atoms with Crippen LogP contribution in [0.15, 0.2) is 103 Å². The number of rotatable bonds is 30. The SMILES string of the molecule is C[C@@H]1NC(=O)[C@H](Cc2ccc(F)cc2)NC(=O)[C@H](CC2CCCCC2)NC(=O)[C@H](CO)NC(=O)[C@H](Cc2ccccc2)N(C)C(=O)[C@H](CCC(=O)O)N(C)C(=O)CSC[C@@H](C(=O)N[C@H](CCC(=O)O)C(N)=O)NC(=O)[C@H](CC2CCCCC2)NC(=O)[C@H](CCCNC(=N)N)NC(=O)[C@H](CCCNC(N)=O)NC(=O)[C@H](Cc2ccc(O)cc2)NC(=O)[C@H](Cc2ccc(O)cc2)NC1=O. The molecule has 0 bridgehead atoms. The van der Waals surface area contributed by atoms with E-state index in [9.17, 15) is 73.1 Å². The minimum absolute atomic E-state index is 0.0397. The van der Waals surface area contributed by atoms with E-state index in [1.165, 1.54) is 74.6 Å². The first-order chi connectivity index (χ1) is 62.8. The molecule has 0 spiro atoms. The summed E-state index contributed by atoms with van der Waals surface area (Å²) in [4.78, 5) is 247. The third kappa shape index (κ3) is 35.9. The van der Waals surface area contributed by atoms with Gasteiger partial charge in [-0.2, -0.15) is 0 Å². The summed E-state index contributed by atoms with van der Waals surface area (Å²) < 4.78 is 14.6. The molecule has 132 heavy (non-hydrogen) atoms. The Bertz CT molecular complexity index is 4630. The Balaban J connectivity index is 1.37. The van der Waals surface area contributed by atoms with Crippen LogP contribution in [0, 0.1) is 23.1 Å². The van der Waals surface area contributed by atoms with Gasteiger partial charge in [0.1, 0.15) is 95.9 Å². The predicted octanol–water partition coefficient (Wildman–Crippen LogP) is -0.879. The van der Waals surface area contributed by atoms with Crippen molar-refractivity contribution in [2.24, 2.45) is 29.0 Å². The first kappa shape index (κ1) is 106. The number of likely N-dealkylation sites (N-methyl/N-ethyl adjacent to an activating group) is 2. The van der Waals surface area contributed by atoms with E-state index in [1.54, 1.807) is 30.3 Å². The number of thioether (sulfide) groups is 1. The molecule has 1 saturated heterocycles. The molecule has 0 unspecified atom stereocenters. The van der Waals surface area contributed by atoms with Crippen LogP contribution in [-0.2, 0) is 102 Å². The van der Waals surface area contributed by atoms with Gasteiger partial charge < -0.3 is 122 Å². The lowest BCUT2D eigenvalue weighted by Crippen LogP contribution is -2.61. The monoisotopic (exact) mass is 1860 g/mol. The zero-order valence-electron chi connectivity index (χ0n) is 74.1. The van der Waals surface area contributed by atoms with Crippen LogP contribution in [0.3, 0.4) is 0 Å².